The fourth-order valence-corrected chi connectivity index (χ4v) is 2.96. The van der Waals surface area contributed by atoms with Crippen LogP contribution in [0.5, 0.6) is 0 Å². The third kappa shape index (κ3) is 3.26. The Morgan fingerprint density at radius 3 is 2.57 bits per heavy atom. The average Bonchev–Trinajstić information content (AvgIpc) is 2.99. The zero-order valence-corrected chi connectivity index (χ0v) is 14.3. The van der Waals surface area contributed by atoms with Gasteiger partial charge in [-0.2, -0.15) is 0 Å². The van der Waals surface area contributed by atoms with Crippen LogP contribution < -0.4 is 4.90 Å². The molecule has 23 heavy (non-hydrogen) atoms. The van der Waals surface area contributed by atoms with Gasteiger partial charge in [0.15, 0.2) is 17.0 Å². The lowest BCUT2D eigenvalue weighted by Gasteiger charge is -2.21. The molecule has 0 bridgehead atoms. The lowest BCUT2D eigenvalue weighted by atomic mass is 10.2. The molecule has 3 rings (SSSR count). The van der Waals surface area contributed by atoms with Crippen LogP contribution in [0.1, 0.15) is 5.56 Å². The molecule has 0 amide bonds. The standard InChI is InChI=1S/C16H17Cl2N5/c1-12-3-2-4-13(9-12)23-11-21-14-15(19-10-20-16(14)23)22(7-5-17)8-6-18/h2-4,9-11H,5-8H2,1H3. The fraction of sp³-hybridized carbons (Fsp3) is 0.312. The summed E-state index contributed by atoms with van der Waals surface area (Å²) in [5, 5.41) is 0. The predicted molar refractivity (Wildman–Crippen MR) is 95.1 cm³/mol. The number of hydrogen-bond acceptors (Lipinski definition) is 4. The molecule has 0 atom stereocenters. The molecule has 0 unspecified atom stereocenters. The Balaban J connectivity index is 2.10. The van der Waals surface area contributed by atoms with Gasteiger partial charge in [-0.1, -0.05) is 12.1 Å². The van der Waals surface area contributed by atoms with Crippen molar-refractivity contribution in [3.8, 4) is 5.69 Å². The predicted octanol–water partition coefficient (Wildman–Crippen LogP) is 3.41. The molecular weight excluding hydrogens is 333 g/mol. The van der Waals surface area contributed by atoms with Crippen molar-refractivity contribution in [2.45, 2.75) is 6.92 Å². The van der Waals surface area contributed by atoms with Crippen molar-refractivity contribution in [1.82, 2.24) is 19.5 Å². The summed E-state index contributed by atoms with van der Waals surface area (Å²) in [5.74, 6) is 1.77. The molecule has 2 heterocycles. The highest BCUT2D eigenvalue weighted by Gasteiger charge is 2.16. The zero-order chi connectivity index (χ0) is 16.2. The normalized spacial score (nSPS) is 11.1. The molecule has 0 saturated heterocycles. The highest BCUT2D eigenvalue weighted by Crippen LogP contribution is 2.24. The van der Waals surface area contributed by atoms with E-state index in [1.165, 1.54) is 5.56 Å². The van der Waals surface area contributed by atoms with Crippen LogP contribution in [0, 0.1) is 6.92 Å². The Hall–Kier alpha value is -1.85. The number of halogens is 2. The summed E-state index contributed by atoms with van der Waals surface area (Å²) < 4.78 is 1.97. The smallest absolute Gasteiger partial charge is 0.170 e. The molecule has 0 radical (unpaired) electrons. The van der Waals surface area contributed by atoms with E-state index in [4.69, 9.17) is 23.2 Å². The van der Waals surface area contributed by atoms with Crippen LogP contribution >= 0.6 is 23.2 Å². The second-order valence-corrected chi connectivity index (χ2v) is 5.94. The van der Waals surface area contributed by atoms with Gasteiger partial charge in [-0.3, -0.25) is 4.57 Å². The largest absolute Gasteiger partial charge is 0.352 e. The maximum Gasteiger partial charge on any atom is 0.170 e. The number of aryl methyl sites for hydroxylation is 1. The molecule has 0 aliphatic carbocycles. The maximum absolute atomic E-state index is 5.90. The number of fused-ring (bicyclic) bond motifs is 1. The van der Waals surface area contributed by atoms with Gasteiger partial charge in [-0.25, -0.2) is 15.0 Å². The summed E-state index contributed by atoms with van der Waals surface area (Å²) >= 11 is 11.8. The summed E-state index contributed by atoms with van der Waals surface area (Å²) in [5.41, 5.74) is 3.74. The number of nitrogens with zero attached hydrogens (tertiary/aromatic N) is 5. The van der Waals surface area contributed by atoms with E-state index in [0.29, 0.717) is 24.8 Å². The van der Waals surface area contributed by atoms with E-state index in [1.54, 1.807) is 12.7 Å². The Morgan fingerprint density at radius 2 is 1.87 bits per heavy atom. The summed E-state index contributed by atoms with van der Waals surface area (Å²) in [6, 6.07) is 8.21. The summed E-state index contributed by atoms with van der Waals surface area (Å²) in [6.07, 6.45) is 3.33. The van der Waals surface area contributed by atoms with Crippen molar-refractivity contribution in [2.75, 3.05) is 29.7 Å². The van der Waals surface area contributed by atoms with Gasteiger partial charge in [0.05, 0.1) is 0 Å². The van der Waals surface area contributed by atoms with Crippen LogP contribution in [-0.2, 0) is 0 Å². The van der Waals surface area contributed by atoms with Gasteiger partial charge in [0.1, 0.15) is 12.7 Å². The SMILES string of the molecule is Cc1cccc(-n2cnc3c(N(CCCl)CCCl)ncnc32)c1. The van der Waals surface area contributed by atoms with Crippen molar-refractivity contribution in [2.24, 2.45) is 0 Å². The van der Waals surface area contributed by atoms with Gasteiger partial charge in [0.2, 0.25) is 0 Å². The van der Waals surface area contributed by atoms with E-state index in [-0.39, 0.29) is 0 Å². The van der Waals surface area contributed by atoms with Crippen LogP contribution in [0.2, 0.25) is 0 Å². The number of alkyl halides is 2. The Morgan fingerprint density at radius 1 is 1.09 bits per heavy atom. The first-order valence-electron chi connectivity index (χ1n) is 7.36. The molecule has 5 nitrogen and oxygen atoms in total. The number of anilines is 1. The molecule has 2 aromatic heterocycles. The van der Waals surface area contributed by atoms with Crippen molar-refractivity contribution >= 4 is 40.2 Å². The first-order chi connectivity index (χ1) is 11.2. The lowest BCUT2D eigenvalue weighted by molar-refractivity contribution is 0.854. The lowest BCUT2D eigenvalue weighted by Crippen LogP contribution is -2.28. The third-order valence-corrected chi connectivity index (χ3v) is 3.94. The van der Waals surface area contributed by atoms with Gasteiger partial charge < -0.3 is 4.90 Å². The first-order valence-corrected chi connectivity index (χ1v) is 8.43. The van der Waals surface area contributed by atoms with Crippen molar-refractivity contribution in [3.63, 3.8) is 0 Å². The zero-order valence-electron chi connectivity index (χ0n) is 12.8. The first kappa shape index (κ1) is 16.0. The van der Waals surface area contributed by atoms with Crippen LogP contribution in [0.25, 0.3) is 16.9 Å². The van der Waals surface area contributed by atoms with E-state index in [9.17, 15) is 0 Å². The van der Waals surface area contributed by atoms with E-state index in [2.05, 4.69) is 34.0 Å². The van der Waals surface area contributed by atoms with Gasteiger partial charge in [0, 0.05) is 30.5 Å². The van der Waals surface area contributed by atoms with Gasteiger partial charge in [0.25, 0.3) is 0 Å². The number of benzene rings is 1. The van der Waals surface area contributed by atoms with Gasteiger partial charge in [-0.05, 0) is 24.6 Å². The molecule has 0 saturated carbocycles. The fourth-order valence-electron chi connectivity index (χ4n) is 2.55. The molecule has 7 heteroatoms. The summed E-state index contributed by atoms with van der Waals surface area (Å²) in [7, 11) is 0. The second kappa shape index (κ2) is 7.15. The topological polar surface area (TPSA) is 46.8 Å². The minimum absolute atomic E-state index is 0.501. The second-order valence-electron chi connectivity index (χ2n) is 5.19. The molecule has 1 aromatic carbocycles. The molecule has 3 aromatic rings. The Labute approximate surface area is 144 Å². The number of hydrogen-bond donors (Lipinski definition) is 0. The van der Waals surface area contributed by atoms with Gasteiger partial charge in [-0.15, -0.1) is 23.2 Å². The molecule has 0 spiro atoms. The Bertz CT molecular complexity index is 796. The van der Waals surface area contributed by atoms with Crippen molar-refractivity contribution in [3.05, 3.63) is 42.5 Å². The molecule has 0 aliphatic rings. The van der Waals surface area contributed by atoms with Crippen LogP contribution in [0.4, 0.5) is 5.82 Å². The number of imidazole rings is 1. The molecular formula is C16H17Cl2N5. The molecule has 0 aliphatic heterocycles. The maximum atomic E-state index is 5.90. The molecule has 0 N–H and O–H groups in total. The van der Waals surface area contributed by atoms with Crippen LogP contribution in [-0.4, -0.2) is 44.4 Å². The quantitative estimate of drug-likeness (QED) is 0.639. The van der Waals surface area contributed by atoms with E-state index < -0.39 is 0 Å². The molecule has 120 valence electrons. The minimum Gasteiger partial charge on any atom is -0.352 e. The average molecular weight is 350 g/mol. The minimum atomic E-state index is 0.501. The van der Waals surface area contributed by atoms with Gasteiger partial charge >= 0.3 is 0 Å². The van der Waals surface area contributed by atoms with Crippen molar-refractivity contribution < 1.29 is 0 Å². The number of rotatable bonds is 6. The van der Waals surface area contributed by atoms with E-state index in [1.807, 2.05) is 21.6 Å². The van der Waals surface area contributed by atoms with Crippen LogP contribution in [0.15, 0.2) is 36.9 Å². The van der Waals surface area contributed by atoms with E-state index >= 15 is 0 Å². The van der Waals surface area contributed by atoms with Crippen molar-refractivity contribution in [1.29, 1.82) is 0 Å². The summed E-state index contributed by atoms with van der Waals surface area (Å²) in [6.45, 7) is 3.39. The van der Waals surface area contributed by atoms with Crippen LogP contribution in [0.3, 0.4) is 0 Å². The monoisotopic (exact) mass is 349 g/mol. The highest BCUT2D eigenvalue weighted by atomic mass is 35.5. The third-order valence-electron chi connectivity index (χ3n) is 3.60. The highest BCUT2D eigenvalue weighted by molar-refractivity contribution is 6.18. The summed E-state index contributed by atoms with van der Waals surface area (Å²) in [4.78, 5) is 15.4. The van der Waals surface area contributed by atoms with E-state index in [0.717, 1.165) is 22.7 Å². The molecule has 0 fully saturated rings. The number of aromatic nitrogens is 4. The Kier molecular flexibility index (Phi) is 4.98.